The minimum Gasteiger partial charge on any atom is -0.293 e. The van der Waals surface area contributed by atoms with E-state index >= 15 is 0 Å². The van der Waals surface area contributed by atoms with Crippen molar-refractivity contribution >= 4 is 54.9 Å². The van der Waals surface area contributed by atoms with Crippen LogP contribution in [0.1, 0.15) is 25.1 Å². The molecule has 0 aliphatic rings. The van der Waals surface area contributed by atoms with Gasteiger partial charge in [-0.1, -0.05) is 41.1 Å². The standard InChI is InChI=1S/C22H19BrN4O2S/c1-3-15-6-4-5-7-20(15)27(14(2)28)22-25-17(12-30-22)11-26-13-24-19-9-8-16(23)10-18(19)21(26)29/h4-10,12-13H,3,11H2,1-2H3. The maximum absolute atomic E-state index is 12.9. The van der Waals surface area contributed by atoms with Crippen LogP contribution < -0.4 is 10.5 Å². The van der Waals surface area contributed by atoms with Gasteiger partial charge < -0.3 is 0 Å². The number of amides is 1. The second-order valence-corrected chi connectivity index (χ2v) is 8.55. The first-order valence-corrected chi connectivity index (χ1v) is 11.1. The number of para-hydroxylation sites is 1. The van der Waals surface area contributed by atoms with E-state index in [0.717, 1.165) is 22.1 Å². The van der Waals surface area contributed by atoms with Crippen LogP contribution >= 0.6 is 27.3 Å². The largest absolute Gasteiger partial charge is 0.293 e. The lowest BCUT2D eigenvalue weighted by atomic mass is 10.1. The topological polar surface area (TPSA) is 68.1 Å². The number of carbonyl (C=O) groups excluding carboxylic acids is 1. The molecule has 0 spiro atoms. The quantitative estimate of drug-likeness (QED) is 0.405. The second kappa shape index (κ2) is 8.49. The summed E-state index contributed by atoms with van der Waals surface area (Å²) in [7, 11) is 0. The van der Waals surface area contributed by atoms with Crippen molar-refractivity contribution in [3.8, 4) is 0 Å². The highest BCUT2D eigenvalue weighted by molar-refractivity contribution is 9.10. The predicted molar refractivity (Wildman–Crippen MR) is 124 cm³/mol. The lowest BCUT2D eigenvalue weighted by molar-refractivity contribution is -0.115. The van der Waals surface area contributed by atoms with E-state index in [4.69, 9.17) is 0 Å². The van der Waals surface area contributed by atoms with Gasteiger partial charge in [-0.15, -0.1) is 11.3 Å². The molecule has 0 saturated carbocycles. The Morgan fingerprint density at radius 3 is 2.80 bits per heavy atom. The van der Waals surface area contributed by atoms with Crippen molar-refractivity contribution in [3.63, 3.8) is 0 Å². The molecular weight excluding hydrogens is 464 g/mol. The Morgan fingerprint density at radius 1 is 1.23 bits per heavy atom. The van der Waals surface area contributed by atoms with Crippen LogP contribution in [0.15, 0.2) is 63.4 Å². The predicted octanol–water partition coefficient (Wildman–Crippen LogP) is 4.91. The Balaban J connectivity index is 1.68. The van der Waals surface area contributed by atoms with Gasteiger partial charge in [0, 0.05) is 16.8 Å². The lowest BCUT2D eigenvalue weighted by Crippen LogP contribution is -2.24. The minimum absolute atomic E-state index is 0.105. The summed E-state index contributed by atoms with van der Waals surface area (Å²) in [6, 6.07) is 13.3. The van der Waals surface area contributed by atoms with E-state index in [9.17, 15) is 9.59 Å². The highest BCUT2D eigenvalue weighted by Crippen LogP contribution is 2.31. The van der Waals surface area contributed by atoms with Gasteiger partial charge in [0.1, 0.15) is 0 Å². The number of rotatable bonds is 5. The molecule has 2 aromatic heterocycles. The van der Waals surface area contributed by atoms with Crippen molar-refractivity contribution in [1.29, 1.82) is 0 Å². The Labute approximate surface area is 186 Å². The van der Waals surface area contributed by atoms with Crippen LogP contribution in [0.4, 0.5) is 10.8 Å². The van der Waals surface area contributed by atoms with Crippen LogP contribution in [0, 0.1) is 0 Å². The lowest BCUT2D eigenvalue weighted by Gasteiger charge is -2.21. The van der Waals surface area contributed by atoms with Gasteiger partial charge in [0.25, 0.3) is 5.56 Å². The van der Waals surface area contributed by atoms with Crippen molar-refractivity contribution < 1.29 is 4.79 Å². The molecule has 0 aliphatic heterocycles. The zero-order chi connectivity index (χ0) is 21.3. The molecule has 4 aromatic rings. The van der Waals surface area contributed by atoms with Crippen molar-refractivity contribution in [3.05, 3.63) is 80.3 Å². The van der Waals surface area contributed by atoms with E-state index in [1.807, 2.05) is 41.8 Å². The fourth-order valence-corrected chi connectivity index (χ4v) is 4.56. The Morgan fingerprint density at radius 2 is 2.03 bits per heavy atom. The summed E-state index contributed by atoms with van der Waals surface area (Å²) in [5.41, 5.74) is 3.13. The van der Waals surface area contributed by atoms with Crippen LogP contribution in [0.2, 0.25) is 0 Å². The first-order valence-electron chi connectivity index (χ1n) is 9.45. The highest BCUT2D eigenvalue weighted by atomic mass is 79.9. The van der Waals surface area contributed by atoms with Gasteiger partial charge in [0.2, 0.25) is 5.91 Å². The van der Waals surface area contributed by atoms with Crippen molar-refractivity contribution in [1.82, 2.24) is 14.5 Å². The molecule has 6 nitrogen and oxygen atoms in total. The van der Waals surface area contributed by atoms with Crippen molar-refractivity contribution in [2.75, 3.05) is 4.90 Å². The Hall–Kier alpha value is -2.84. The van der Waals surface area contributed by atoms with E-state index in [1.165, 1.54) is 29.2 Å². The molecule has 2 aromatic carbocycles. The third-order valence-corrected chi connectivity index (χ3v) is 6.15. The maximum Gasteiger partial charge on any atom is 0.261 e. The summed E-state index contributed by atoms with van der Waals surface area (Å²) in [6.07, 6.45) is 2.35. The molecule has 1 amide bonds. The molecule has 0 aliphatic carbocycles. The van der Waals surface area contributed by atoms with Gasteiger partial charge in [0.15, 0.2) is 5.13 Å². The average Bonchev–Trinajstić information content (AvgIpc) is 3.18. The number of aryl methyl sites for hydroxylation is 1. The molecule has 0 bridgehead atoms. The summed E-state index contributed by atoms with van der Waals surface area (Å²) in [5.74, 6) is -0.105. The Bertz CT molecular complexity index is 1300. The van der Waals surface area contributed by atoms with Crippen molar-refractivity contribution in [2.45, 2.75) is 26.8 Å². The first kappa shape index (κ1) is 20.4. The molecule has 0 saturated heterocycles. The zero-order valence-corrected chi connectivity index (χ0v) is 18.9. The van der Waals surface area contributed by atoms with Gasteiger partial charge in [-0.2, -0.15) is 0 Å². The fraction of sp³-hybridized carbons (Fsp3) is 0.182. The van der Waals surface area contributed by atoms with E-state index in [0.29, 0.717) is 21.7 Å². The molecule has 30 heavy (non-hydrogen) atoms. The number of nitrogens with zero attached hydrogens (tertiary/aromatic N) is 4. The van der Waals surface area contributed by atoms with E-state index in [1.54, 1.807) is 11.0 Å². The molecule has 0 radical (unpaired) electrons. The molecule has 0 N–H and O–H groups in total. The summed E-state index contributed by atoms with van der Waals surface area (Å²) in [5, 5.41) is 3.00. The number of carbonyl (C=O) groups is 1. The number of hydrogen-bond donors (Lipinski definition) is 0. The van der Waals surface area contributed by atoms with Crippen LogP contribution in [0.3, 0.4) is 0 Å². The third kappa shape index (κ3) is 3.93. The molecule has 0 fully saturated rings. The maximum atomic E-state index is 12.9. The first-order chi connectivity index (χ1) is 14.5. The smallest absolute Gasteiger partial charge is 0.261 e. The summed E-state index contributed by atoms with van der Waals surface area (Å²) in [6.45, 7) is 3.87. The fourth-order valence-electron chi connectivity index (χ4n) is 3.33. The van der Waals surface area contributed by atoms with Gasteiger partial charge in [-0.25, -0.2) is 9.97 Å². The van der Waals surface area contributed by atoms with Crippen LogP contribution in [0.5, 0.6) is 0 Å². The van der Waals surface area contributed by atoms with E-state index in [-0.39, 0.29) is 18.0 Å². The van der Waals surface area contributed by atoms with E-state index in [2.05, 4.69) is 32.8 Å². The zero-order valence-electron chi connectivity index (χ0n) is 16.5. The number of halogens is 1. The van der Waals surface area contributed by atoms with Gasteiger partial charge in [-0.3, -0.25) is 19.1 Å². The normalized spacial score (nSPS) is 11.0. The second-order valence-electron chi connectivity index (χ2n) is 6.80. The number of hydrogen-bond acceptors (Lipinski definition) is 5. The highest BCUT2D eigenvalue weighted by Gasteiger charge is 2.20. The van der Waals surface area contributed by atoms with Crippen LogP contribution in [-0.4, -0.2) is 20.4 Å². The van der Waals surface area contributed by atoms with Crippen molar-refractivity contribution in [2.24, 2.45) is 0 Å². The minimum atomic E-state index is -0.129. The molecule has 2 heterocycles. The van der Waals surface area contributed by atoms with Gasteiger partial charge in [-0.05, 0) is 36.2 Å². The number of thiazole rings is 1. The third-order valence-electron chi connectivity index (χ3n) is 4.78. The molecular formula is C22H19BrN4O2S. The number of aromatic nitrogens is 3. The summed E-state index contributed by atoms with van der Waals surface area (Å²) < 4.78 is 2.36. The average molecular weight is 483 g/mol. The summed E-state index contributed by atoms with van der Waals surface area (Å²) >= 11 is 4.78. The number of anilines is 2. The van der Waals surface area contributed by atoms with Crippen LogP contribution in [-0.2, 0) is 17.8 Å². The molecule has 0 atom stereocenters. The number of fused-ring (bicyclic) bond motifs is 1. The van der Waals surface area contributed by atoms with Crippen LogP contribution in [0.25, 0.3) is 10.9 Å². The van der Waals surface area contributed by atoms with E-state index < -0.39 is 0 Å². The van der Waals surface area contributed by atoms with Gasteiger partial charge >= 0.3 is 0 Å². The molecule has 8 heteroatoms. The SMILES string of the molecule is CCc1ccccc1N(C(C)=O)c1nc(Cn2cnc3ccc(Br)cc3c2=O)cs1. The van der Waals surface area contributed by atoms with Gasteiger partial charge in [0.05, 0.1) is 35.2 Å². The molecule has 4 rings (SSSR count). The monoisotopic (exact) mass is 482 g/mol. The number of benzene rings is 2. The summed E-state index contributed by atoms with van der Waals surface area (Å²) in [4.78, 5) is 35.9. The Kier molecular flexibility index (Phi) is 5.78. The molecule has 152 valence electrons. The molecule has 0 unspecified atom stereocenters.